The van der Waals surface area contributed by atoms with E-state index in [1.807, 2.05) is 6.07 Å². The molecule has 2 rings (SSSR count). The minimum atomic E-state index is 0.859. The van der Waals surface area contributed by atoms with Gasteiger partial charge in [0.2, 0.25) is 0 Å². The lowest BCUT2D eigenvalue weighted by Gasteiger charge is -2.22. The predicted octanol–water partition coefficient (Wildman–Crippen LogP) is 5.05. The first kappa shape index (κ1) is 15.6. The maximum absolute atomic E-state index is 6.34. The first-order valence-electron chi connectivity index (χ1n) is 6.76. The van der Waals surface area contributed by atoms with E-state index in [0.29, 0.717) is 0 Å². The number of hydrogen-bond donors (Lipinski definition) is 0. The maximum Gasteiger partial charge on any atom is 0.0453 e. The van der Waals surface area contributed by atoms with Gasteiger partial charge in [-0.25, -0.2) is 0 Å². The average Bonchev–Trinajstić information content (AvgIpc) is 2.43. The van der Waals surface area contributed by atoms with Crippen molar-refractivity contribution >= 4 is 27.5 Å². The molecule has 0 fully saturated rings. The molecule has 3 heteroatoms. The summed E-state index contributed by atoms with van der Waals surface area (Å²) >= 11 is 9.87. The second-order valence-corrected chi connectivity index (χ2v) is 6.18. The Morgan fingerprint density at radius 1 is 1.05 bits per heavy atom. The van der Waals surface area contributed by atoms with E-state index in [1.54, 1.807) is 0 Å². The molecule has 0 N–H and O–H groups in total. The van der Waals surface area contributed by atoms with Crippen LogP contribution in [0.4, 0.5) is 0 Å². The third-order valence-corrected chi connectivity index (χ3v) is 3.96. The summed E-state index contributed by atoms with van der Waals surface area (Å²) in [5, 5.41) is 1.82. The smallest absolute Gasteiger partial charge is 0.0453 e. The van der Waals surface area contributed by atoms with Gasteiger partial charge in [0.05, 0.1) is 0 Å². The largest absolute Gasteiger partial charge is 0.294 e. The molecule has 0 saturated carbocycles. The molecule has 0 saturated heterocycles. The highest BCUT2D eigenvalue weighted by Crippen LogP contribution is 2.20. The Kier molecular flexibility index (Phi) is 6.08. The molecule has 0 bridgehead atoms. The van der Waals surface area contributed by atoms with E-state index in [0.717, 1.165) is 30.0 Å². The average molecular weight is 353 g/mol. The van der Waals surface area contributed by atoms with Gasteiger partial charge in [0.25, 0.3) is 0 Å². The van der Waals surface area contributed by atoms with Gasteiger partial charge in [-0.05, 0) is 29.7 Å². The Bertz CT molecular complexity index is 542. The summed E-state index contributed by atoms with van der Waals surface area (Å²) in [6.45, 7) is 4.88. The summed E-state index contributed by atoms with van der Waals surface area (Å²) in [5.41, 5.74) is 3.72. The van der Waals surface area contributed by atoms with Crippen LogP contribution in [0.3, 0.4) is 0 Å². The van der Waals surface area contributed by atoms with Crippen molar-refractivity contribution < 1.29 is 0 Å². The zero-order chi connectivity index (χ0) is 14.4. The molecule has 0 radical (unpaired) electrons. The molecule has 1 nitrogen and oxygen atoms in total. The highest BCUT2D eigenvalue weighted by molar-refractivity contribution is 9.09. The second-order valence-electron chi connectivity index (χ2n) is 4.98. The fourth-order valence-corrected chi connectivity index (χ4v) is 2.99. The number of alkyl halides is 1. The number of benzene rings is 2. The van der Waals surface area contributed by atoms with Gasteiger partial charge < -0.3 is 0 Å². The molecule has 20 heavy (non-hydrogen) atoms. The number of rotatable bonds is 6. The number of aryl methyl sites for hydroxylation is 1. The van der Waals surface area contributed by atoms with Gasteiger partial charge >= 0.3 is 0 Å². The van der Waals surface area contributed by atoms with Crippen molar-refractivity contribution in [2.24, 2.45) is 0 Å². The lowest BCUT2D eigenvalue weighted by atomic mass is 10.1. The molecule has 0 spiro atoms. The van der Waals surface area contributed by atoms with E-state index in [4.69, 9.17) is 11.6 Å². The molecule has 0 unspecified atom stereocenters. The van der Waals surface area contributed by atoms with Crippen molar-refractivity contribution in [2.75, 3.05) is 11.9 Å². The third kappa shape index (κ3) is 4.62. The van der Waals surface area contributed by atoms with Crippen molar-refractivity contribution in [3.63, 3.8) is 0 Å². The third-order valence-electron chi connectivity index (χ3n) is 3.25. The van der Waals surface area contributed by atoms with Crippen molar-refractivity contribution in [2.45, 2.75) is 20.0 Å². The summed E-state index contributed by atoms with van der Waals surface area (Å²) in [4.78, 5) is 2.40. The molecule has 0 aliphatic carbocycles. The van der Waals surface area contributed by atoms with E-state index in [-0.39, 0.29) is 0 Å². The molecule has 0 aliphatic rings. The van der Waals surface area contributed by atoms with Crippen LogP contribution in [0.25, 0.3) is 0 Å². The van der Waals surface area contributed by atoms with Crippen LogP contribution in [0.5, 0.6) is 0 Å². The maximum atomic E-state index is 6.34. The Labute approximate surface area is 134 Å². The van der Waals surface area contributed by atoms with Gasteiger partial charge in [-0.1, -0.05) is 70.0 Å². The first-order chi connectivity index (χ1) is 9.69. The predicted molar refractivity (Wildman–Crippen MR) is 90.5 cm³/mol. The van der Waals surface area contributed by atoms with Crippen LogP contribution < -0.4 is 0 Å². The van der Waals surface area contributed by atoms with Gasteiger partial charge in [-0.3, -0.25) is 4.90 Å². The van der Waals surface area contributed by atoms with Crippen molar-refractivity contribution in [3.8, 4) is 0 Å². The lowest BCUT2D eigenvalue weighted by molar-refractivity contribution is 0.274. The number of nitrogens with zero attached hydrogens (tertiary/aromatic N) is 1. The van der Waals surface area contributed by atoms with Gasteiger partial charge in [0, 0.05) is 30.0 Å². The minimum Gasteiger partial charge on any atom is -0.294 e. The van der Waals surface area contributed by atoms with Crippen molar-refractivity contribution in [3.05, 3.63) is 70.2 Å². The van der Waals surface area contributed by atoms with Crippen LogP contribution >= 0.6 is 27.5 Å². The van der Waals surface area contributed by atoms with Crippen LogP contribution in [-0.4, -0.2) is 16.8 Å². The minimum absolute atomic E-state index is 0.859. The Hall–Kier alpha value is -0.830. The van der Waals surface area contributed by atoms with Crippen LogP contribution in [0.2, 0.25) is 5.02 Å². The fourth-order valence-electron chi connectivity index (χ4n) is 2.20. The van der Waals surface area contributed by atoms with E-state index in [2.05, 4.69) is 70.2 Å². The summed E-state index contributed by atoms with van der Waals surface area (Å²) in [6.07, 6.45) is 0. The highest BCUT2D eigenvalue weighted by atomic mass is 79.9. The summed E-state index contributed by atoms with van der Waals surface area (Å²) in [5.74, 6) is 0. The number of hydrogen-bond acceptors (Lipinski definition) is 1. The van der Waals surface area contributed by atoms with E-state index < -0.39 is 0 Å². The van der Waals surface area contributed by atoms with E-state index >= 15 is 0 Å². The zero-order valence-electron chi connectivity index (χ0n) is 11.7. The van der Waals surface area contributed by atoms with Crippen molar-refractivity contribution in [1.82, 2.24) is 4.90 Å². The lowest BCUT2D eigenvalue weighted by Crippen LogP contribution is -2.25. The van der Waals surface area contributed by atoms with E-state index in [1.165, 1.54) is 16.7 Å². The Balaban J connectivity index is 2.09. The molecule has 2 aromatic carbocycles. The Morgan fingerprint density at radius 3 is 2.45 bits per heavy atom. The van der Waals surface area contributed by atoms with Gasteiger partial charge in [0.15, 0.2) is 0 Å². The molecule has 106 valence electrons. The molecule has 0 amide bonds. The van der Waals surface area contributed by atoms with Gasteiger partial charge in [-0.2, -0.15) is 0 Å². The summed E-state index contributed by atoms with van der Waals surface area (Å²) < 4.78 is 0. The quantitative estimate of drug-likeness (QED) is 0.658. The summed E-state index contributed by atoms with van der Waals surface area (Å²) in [7, 11) is 0. The van der Waals surface area contributed by atoms with Crippen molar-refractivity contribution in [1.29, 1.82) is 0 Å². The van der Waals surface area contributed by atoms with Crippen LogP contribution in [0.15, 0.2) is 48.5 Å². The topological polar surface area (TPSA) is 3.24 Å². The highest BCUT2D eigenvalue weighted by Gasteiger charge is 2.09. The zero-order valence-corrected chi connectivity index (χ0v) is 14.0. The summed E-state index contributed by atoms with van der Waals surface area (Å²) in [6, 6.07) is 16.8. The van der Waals surface area contributed by atoms with Gasteiger partial charge in [0.1, 0.15) is 0 Å². The standard InChI is InChI=1S/C17H19BrClN/c1-14-7-8-16(17(19)11-14)13-20(10-9-18)12-15-5-3-2-4-6-15/h2-8,11H,9-10,12-13H2,1H3. The molecule has 2 aromatic rings. The second kappa shape index (κ2) is 7.82. The van der Waals surface area contributed by atoms with Crippen LogP contribution in [-0.2, 0) is 13.1 Å². The molecule has 0 aromatic heterocycles. The molecular formula is C17H19BrClN. The Morgan fingerprint density at radius 2 is 1.80 bits per heavy atom. The SMILES string of the molecule is Cc1ccc(CN(CCBr)Cc2ccccc2)c(Cl)c1. The van der Waals surface area contributed by atoms with E-state index in [9.17, 15) is 0 Å². The van der Waals surface area contributed by atoms with Crippen LogP contribution in [0, 0.1) is 6.92 Å². The molecule has 0 atom stereocenters. The molecular weight excluding hydrogens is 334 g/mol. The number of halogens is 2. The van der Waals surface area contributed by atoms with Gasteiger partial charge in [-0.15, -0.1) is 0 Å². The van der Waals surface area contributed by atoms with Crippen LogP contribution in [0.1, 0.15) is 16.7 Å². The molecule has 0 heterocycles. The first-order valence-corrected chi connectivity index (χ1v) is 8.26. The fraction of sp³-hybridized carbons (Fsp3) is 0.294. The normalized spacial score (nSPS) is 11.0. The molecule has 0 aliphatic heterocycles. The monoisotopic (exact) mass is 351 g/mol.